The zero-order valence-electron chi connectivity index (χ0n) is 17.4. The van der Waals surface area contributed by atoms with Gasteiger partial charge in [0.1, 0.15) is 17.9 Å². The zero-order chi connectivity index (χ0) is 22.7. The molecule has 0 aliphatic carbocycles. The number of ether oxygens (including phenoxy) is 4. The number of nitrogens with two attached hydrogens (primary N) is 1. The van der Waals surface area contributed by atoms with Crippen LogP contribution in [0, 0.1) is 0 Å². The SMILES string of the molecule is COc1nc(N(C)C2CC(OC(C)=O)C(OC(C)=O)CO2)c(-c2csc(N)n2)c(=O)[nH]1. The summed E-state index contributed by atoms with van der Waals surface area (Å²) in [6.45, 7) is 2.53. The van der Waals surface area contributed by atoms with Crippen LogP contribution in [0.5, 0.6) is 6.01 Å². The molecule has 31 heavy (non-hydrogen) atoms. The number of hydrogen-bond acceptors (Lipinski definition) is 12. The van der Waals surface area contributed by atoms with Gasteiger partial charge >= 0.3 is 11.9 Å². The molecule has 0 spiro atoms. The van der Waals surface area contributed by atoms with Crippen molar-refractivity contribution >= 4 is 34.2 Å². The van der Waals surface area contributed by atoms with Crippen molar-refractivity contribution in [3.8, 4) is 17.3 Å². The highest BCUT2D eigenvalue weighted by Crippen LogP contribution is 2.32. The molecule has 3 rings (SSSR count). The van der Waals surface area contributed by atoms with Gasteiger partial charge < -0.3 is 29.6 Å². The van der Waals surface area contributed by atoms with E-state index in [2.05, 4.69) is 15.0 Å². The molecule has 1 aliphatic rings. The number of thiazole rings is 1. The van der Waals surface area contributed by atoms with Crippen LogP contribution in [-0.4, -0.2) is 66.1 Å². The van der Waals surface area contributed by atoms with Crippen LogP contribution in [0.4, 0.5) is 10.9 Å². The van der Waals surface area contributed by atoms with Crippen LogP contribution in [0.1, 0.15) is 20.3 Å². The lowest BCUT2D eigenvalue weighted by atomic mass is 10.1. The monoisotopic (exact) mass is 453 g/mol. The summed E-state index contributed by atoms with van der Waals surface area (Å²) in [5.41, 5.74) is 5.80. The molecule has 1 fully saturated rings. The lowest BCUT2D eigenvalue weighted by Gasteiger charge is -2.39. The Balaban J connectivity index is 1.95. The summed E-state index contributed by atoms with van der Waals surface area (Å²) >= 11 is 1.19. The Bertz CT molecular complexity index is 1020. The van der Waals surface area contributed by atoms with Crippen molar-refractivity contribution in [1.82, 2.24) is 15.0 Å². The van der Waals surface area contributed by atoms with Crippen molar-refractivity contribution in [3.63, 3.8) is 0 Å². The van der Waals surface area contributed by atoms with Gasteiger partial charge in [-0.1, -0.05) is 0 Å². The van der Waals surface area contributed by atoms with E-state index in [0.717, 1.165) is 0 Å². The molecule has 3 heterocycles. The van der Waals surface area contributed by atoms with Crippen LogP contribution in [0.15, 0.2) is 10.2 Å². The van der Waals surface area contributed by atoms with Gasteiger partial charge in [-0.25, -0.2) is 4.98 Å². The number of hydrogen-bond donors (Lipinski definition) is 2. The number of nitrogen functional groups attached to an aromatic ring is 1. The molecule has 0 radical (unpaired) electrons. The summed E-state index contributed by atoms with van der Waals surface area (Å²) in [7, 11) is 3.04. The Morgan fingerprint density at radius 1 is 1.26 bits per heavy atom. The third kappa shape index (κ3) is 5.11. The van der Waals surface area contributed by atoms with E-state index in [1.165, 1.54) is 32.3 Å². The number of nitrogens with zero attached hydrogens (tertiary/aromatic N) is 3. The Kier molecular flexibility index (Phi) is 6.75. The number of aromatic amines is 1. The number of aromatic nitrogens is 3. The summed E-state index contributed by atoms with van der Waals surface area (Å²) in [5.74, 6) is -0.787. The predicted molar refractivity (Wildman–Crippen MR) is 111 cm³/mol. The Morgan fingerprint density at radius 3 is 2.52 bits per heavy atom. The number of rotatable bonds is 6. The van der Waals surface area contributed by atoms with Gasteiger partial charge in [0.25, 0.3) is 11.6 Å². The molecule has 1 saturated heterocycles. The van der Waals surface area contributed by atoms with Crippen molar-refractivity contribution in [2.75, 3.05) is 31.4 Å². The Labute approximate surface area is 181 Å². The topological polar surface area (TPSA) is 159 Å². The molecule has 0 saturated carbocycles. The van der Waals surface area contributed by atoms with Gasteiger partial charge in [-0.15, -0.1) is 11.3 Å². The van der Waals surface area contributed by atoms with Gasteiger partial charge in [-0.2, -0.15) is 4.98 Å². The molecule has 2 aromatic rings. The number of methoxy groups -OCH3 is 1. The minimum atomic E-state index is -0.745. The molecule has 12 nitrogen and oxygen atoms in total. The summed E-state index contributed by atoms with van der Waals surface area (Å²) in [6, 6.07) is 0.00364. The highest BCUT2D eigenvalue weighted by molar-refractivity contribution is 7.13. The first-order valence-corrected chi connectivity index (χ1v) is 10.2. The first kappa shape index (κ1) is 22.5. The molecule has 2 aromatic heterocycles. The average molecular weight is 453 g/mol. The highest BCUT2D eigenvalue weighted by atomic mass is 32.1. The second kappa shape index (κ2) is 9.31. The molecule has 3 unspecified atom stereocenters. The van der Waals surface area contributed by atoms with Crippen molar-refractivity contribution in [2.24, 2.45) is 0 Å². The van der Waals surface area contributed by atoms with E-state index in [1.807, 2.05) is 0 Å². The number of anilines is 2. The second-order valence-corrected chi connectivity index (χ2v) is 7.66. The standard InChI is InChI=1S/C18H23N5O7S/c1-8(24)29-11-5-13(28-6-12(11)30-9(2)25)23(3)15-14(10-7-31-17(19)20-10)16(26)22-18(21-15)27-4/h7,11-13H,5-6H2,1-4H3,(H2,19,20)(H,21,22,26). The number of esters is 2. The molecule has 0 bridgehead atoms. The van der Waals surface area contributed by atoms with Crippen LogP contribution in [-0.2, 0) is 23.8 Å². The van der Waals surface area contributed by atoms with Crippen molar-refractivity contribution in [1.29, 1.82) is 0 Å². The molecule has 3 N–H and O–H groups in total. The van der Waals surface area contributed by atoms with Crippen molar-refractivity contribution in [3.05, 3.63) is 15.7 Å². The van der Waals surface area contributed by atoms with Gasteiger partial charge in [0, 0.05) is 32.7 Å². The van der Waals surface area contributed by atoms with Gasteiger partial charge in [0.05, 0.1) is 19.4 Å². The molecular weight excluding hydrogens is 430 g/mol. The minimum Gasteiger partial charge on any atom is -0.468 e. The molecule has 13 heteroatoms. The third-order valence-electron chi connectivity index (χ3n) is 4.55. The van der Waals surface area contributed by atoms with Crippen molar-refractivity contribution in [2.45, 2.75) is 38.7 Å². The molecular formula is C18H23N5O7S. The molecule has 0 amide bonds. The highest BCUT2D eigenvalue weighted by Gasteiger charge is 2.38. The van der Waals surface area contributed by atoms with Crippen LogP contribution in [0.2, 0.25) is 0 Å². The van der Waals surface area contributed by atoms with Crippen molar-refractivity contribution < 1.29 is 28.5 Å². The van der Waals surface area contributed by atoms with E-state index in [1.54, 1.807) is 17.3 Å². The van der Waals surface area contributed by atoms with Gasteiger partial charge in [0.2, 0.25) is 0 Å². The zero-order valence-corrected chi connectivity index (χ0v) is 18.2. The average Bonchev–Trinajstić information content (AvgIpc) is 3.13. The third-order valence-corrected chi connectivity index (χ3v) is 5.23. The second-order valence-electron chi connectivity index (χ2n) is 6.78. The number of carbonyl (C=O) groups excluding carboxylic acids is 2. The summed E-state index contributed by atoms with van der Waals surface area (Å²) in [6.07, 6.45) is -1.95. The first-order valence-electron chi connectivity index (χ1n) is 9.28. The van der Waals surface area contributed by atoms with Gasteiger partial charge in [-0.3, -0.25) is 19.4 Å². The Morgan fingerprint density at radius 2 is 1.94 bits per heavy atom. The fraction of sp³-hybridized carbons (Fsp3) is 0.500. The van der Waals surface area contributed by atoms with E-state index in [-0.39, 0.29) is 30.4 Å². The molecule has 1 aliphatic heterocycles. The van der Waals surface area contributed by atoms with E-state index in [0.29, 0.717) is 10.8 Å². The summed E-state index contributed by atoms with van der Waals surface area (Å²) in [5, 5.41) is 1.94. The van der Waals surface area contributed by atoms with Gasteiger partial charge in [0.15, 0.2) is 17.1 Å². The van der Waals surface area contributed by atoms with E-state index >= 15 is 0 Å². The lowest BCUT2D eigenvalue weighted by molar-refractivity contribution is -0.186. The van der Waals surface area contributed by atoms with Gasteiger partial charge in [-0.05, 0) is 0 Å². The molecule has 0 aromatic carbocycles. The van der Waals surface area contributed by atoms with E-state index in [4.69, 9.17) is 24.7 Å². The fourth-order valence-electron chi connectivity index (χ4n) is 3.22. The number of H-pyrrole nitrogens is 1. The number of carbonyl (C=O) groups is 2. The molecule has 168 valence electrons. The maximum atomic E-state index is 12.8. The maximum Gasteiger partial charge on any atom is 0.303 e. The van der Waals surface area contributed by atoms with Crippen LogP contribution in [0.25, 0.3) is 11.3 Å². The summed E-state index contributed by atoms with van der Waals surface area (Å²) in [4.78, 5) is 48.4. The number of nitrogens with one attached hydrogen (secondary N) is 1. The van der Waals surface area contributed by atoms with Crippen LogP contribution >= 0.6 is 11.3 Å². The maximum absolute atomic E-state index is 12.8. The minimum absolute atomic E-state index is 0.00364. The van der Waals surface area contributed by atoms with Crippen LogP contribution in [0.3, 0.4) is 0 Å². The lowest BCUT2D eigenvalue weighted by Crippen LogP contribution is -2.51. The van der Waals surface area contributed by atoms with E-state index < -0.39 is 35.9 Å². The summed E-state index contributed by atoms with van der Waals surface area (Å²) < 4.78 is 21.5. The smallest absolute Gasteiger partial charge is 0.303 e. The fourth-order valence-corrected chi connectivity index (χ4v) is 3.78. The predicted octanol–water partition coefficient (Wildman–Crippen LogP) is 0.530. The molecule has 3 atom stereocenters. The largest absolute Gasteiger partial charge is 0.468 e. The first-order chi connectivity index (χ1) is 14.7. The quantitative estimate of drug-likeness (QED) is 0.587. The normalized spacial score (nSPS) is 20.7. The Hall–Kier alpha value is -3.19. The van der Waals surface area contributed by atoms with E-state index in [9.17, 15) is 14.4 Å². The van der Waals surface area contributed by atoms with Crippen LogP contribution < -0.4 is 20.9 Å².